The fourth-order valence-electron chi connectivity index (χ4n) is 3.18. The lowest BCUT2D eigenvalue weighted by atomic mass is 10.1. The molecule has 0 aliphatic carbocycles. The first kappa shape index (κ1) is 24.4. The third kappa shape index (κ3) is 7.40. The Kier molecular flexibility index (Phi) is 9.09. The maximum atomic E-state index is 12.0. The van der Waals surface area contributed by atoms with E-state index in [2.05, 4.69) is 15.6 Å². The molecule has 34 heavy (non-hydrogen) atoms. The van der Waals surface area contributed by atoms with E-state index in [0.717, 1.165) is 22.6 Å². The topological polar surface area (TPSA) is 108 Å². The molecule has 0 radical (unpaired) electrons. The van der Waals surface area contributed by atoms with Gasteiger partial charge in [0.25, 0.3) is 0 Å². The normalized spacial score (nSPS) is 10.2. The van der Waals surface area contributed by atoms with E-state index in [9.17, 15) is 9.59 Å². The molecule has 9 heteroatoms. The van der Waals surface area contributed by atoms with Gasteiger partial charge in [-0.25, -0.2) is 14.6 Å². The van der Waals surface area contributed by atoms with Crippen molar-refractivity contribution < 1.29 is 28.5 Å². The van der Waals surface area contributed by atoms with Crippen LogP contribution in [0.5, 0.6) is 23.1 Å². The van der Waals surface area contributed by atoms with E-state index in [0.29, 0.717) is 25.9 Å². The van der Waals surface area contributed by atoms with Gasteiger partial charge in [-0.1, -0.05) is 36.4 Å². The van der Waals surface area contributed by atoms with Crippen molar-refractivity contribution in [1.29, 1.82) is 0 Å². The third-order valence-electron chi connectivity index (χ3n) is 4.83. The number of hydrogen-bond donors (Lipinski definition) is 2. The van der Waals surface area contributed by atoms with E-state index in [1.807, 2.05) is 48.5 Å². The molecule has 178 valence electrons. The van der Waals surface area contributed by atoms with Crippen LogP contribution in [0, 0.1) is 0 Å². The molecule has 0 fully saturated rings. The monoisotopic (exact) mass is 465 g/mol. The molecule has 0 spiro atoms. The average molecular weight is 466 g/mol. The summed E-state index contributed by atoms with van der Waals surface area (Å²) in [6.45, 7) is 0.748. The highest BCUT2D eigenvalue weighted by molar-refractivity contribution is 5.71. The fraction of sp³-hybridized carbons (Fsp3) is 0.240. The Hall–Kier alpha value is -4.27. The van der Waals surface area contributed by atoms with Gasteiger partial charge in [-0.3, -0.25) is 0 Å². The molecule has 3 aromatic rings. The molecule has 0 bridgehead atoms. The Morgan fingerprint density at radius 2 is 1.26 bits per heavy atom. The molecule has 1 aromatic heterocycles. The van der Waals surface area contributed by atoms with Gasteiger partial charge in [-0.2, -0.15) is 0 Å². The predicted octanol–water partition coefficient (Wildman–Crippen LogP) is 3.76. The maximum absolute atomic E-state index is 12.0. The Labute approximate surface area is 198 Å². The van der Waals surface area contributed by atoms with Crippen LogP contribution in [0.2, 0.25) is 0 Å². The minimum Gasteiger partial charge on any atom is -0.496 e. The molecular formula is C25H27N3O6. The van der Waals surface area contributed by atoms with Crippen LogP contribution in [0.25, 0.3) is 0 Å². The van der Waals surface area contributed by atoms with Crippen LogP contribution in [0.15, 0.2) is 66.9 Å². The number of nitrogens with one attached hydrogen (secondary N) is 2. The minimum absolute atomic E-state index is 0.0822. The summed E-state index contributed by atoms with van der Waals surface area (Å²) in [6.07, 6.45) is 1.24. The van der Waals surface area contributed by atoms with E-state index in [4.69, 9.17) is 18.9 Å². The highest BCUT2D eigenvalue weighted by Crippen LogP contribution is 2.18. The van der Waals surface area contributed by atoms with Crippen molar-refractivity contribution >= 4 is 12.2 Å². The van der Waals surface area contributed by atoms with Crippen LogP contribution < -0.4 is 29.6 Å². The van der Waals surface area contributed by atoms with Crippen LogP contribution in [-0.2, 0) is 12.8 Å². The number of amides is 2. The summed E-state index contributed by atoms with van der Waals surface area (Å²) in [4.78, 5) is 28.0. The second kappa shape index (κ2) is 12.7. The van der Waals surface area contributed by atoms with Crippen molar-refractivity contribution in [3.8, 4) is 23.1 Å². The van der Waals surface area contributed by atoms with E-state index in [1.165, 1.54) is 18.3 Å². The molecule has 1 heterocycles. The molecule has 3 rings (SSSR count). The molecule has 0 atom stereocenters. The van der Waals surface area contributed by atoms with Crippen LogP contribution in [0.3, 0.4) is 0 Å². The molecule has 0 aliphatic rings. The largest absolute Gasteiger partial charge is 0.496 e. The Morgan fingerprint density at radius 3 is 1.76 bits per heavy atom. The van der Waals surface area contributed by atoms with Crippen molar-refractivity contribution in [2.45, 2.75) is 12.8 Å². The van der Waals surface area contributed by atoms with Crippen molar-refractivity contribution in [3.63, 3.8) is 0 Å². The van der Waals surface area contributed by atoms with Crippen LogP contribution in [-0.4, -0.2) is 44.5 Å². The van der Waals surface area contributed by atoms with Crippen molar-refractivity contribution in [2.75, 3.05) is 27.3 Å². The van der Waals surface area contributed by atoms with Crippen molar-refractivity contribution in [2.24, 2.45) is 0 Å². The molecule has 0 unspecified atom stereocenters. The SMILES string of the molecule is COc1ccccc1CCNC(=O)Oc1ccc(OC(=O)NCCc2ccccc2OC)nc1. The number of pyridine rings is 1. The van der Waals surface area contributed by atoms with Gasteiger partial charge in [0.1, 0.15) is 11.5 Å². The molecule has 9 nitrogen and oxygen atoms in total. The highest BCUT2D eigenvalue weighted by atomic mass is 16.6. The van der Waals surface area contributed by atoms with E-state index in [1.54, 1.807) is 14.2 Å². The summed E-state index contributed by atoms with van der Waals surface area (Å²) >= 11 is 0. The summed E-state index contributed by atoms with van der Waals surface area (Å²) in [6, 6.07) is 18.1. The van der Waals surface area contributed by atoms with Gasteiger partial charge in [0.2, 0.25) is 5.88 Å². The van der Waals surface area contributed by atoms with E-state index >= 15 is 0 Å². The number of carbonyl (C=O) groups is 2. The third-order valence-corrected chi connectivity index (χ3v) is 4.83. The van der Waals surface area contributed by atoms with E-state index in [-0.39, 0.29) is 11.6 Å². The minimum atomic E-state index is -0.634. The number of aromatic nitrogens is 1. The fourth-order valence-corrected chi connectivity index (χ4v) is 3.18. The number of ether oxygens (including phenoxy) is 4. The summed E-state index contributed by atoms with van der Waals surface area (Å²) < 4.78 is 20.9. The standard InChI is InChI=1S/C25H27N3O6/c1-31-21-9-5-3-7-18(21)13-15-26-24(29)33-20-11-12-23(28-17-20)34-25(30)27-16-14-19-8-4-6-10-22(19)32-2/h3-12,17H,13-16H2,1-2H3,(H,26,29)(H,27,30). The van der Waals surface area contributed by atoms with Gasteiger partial charge in [-0.15, -0.1) is 0 Å². The molecular weight excluding hydrogens is 438 g/mol. The first-order valence-corrected chi connectivity index (χ1v) is 10.7. The van der Waals surface area contributed by atoms with E-state index < -0.39 is 12.2 Å². The first-order chi connectivity index (χ1) is 16.6. The second-order valence-corrected chi connectivity index (χ2v) is 7.09. The lowest BCUT2D eigenvalue weighted by Gasteiger charge is -2.10. The number of para-hydroxylation sites is 2. The molecule has 0 aliphatic heterocycles. The highest BCUT2D eigenvalue weighted by Gasteiger charge is 2.09. The van der Waals surface area contributed by atoms with Crippen LogP contribution in [0.1, 0.15) is 11.1 Å². The van der Waals surface area contributed by atoms with Crippen molar-refractivity contribution in [1.82, 2.24) is 15.6 Å². The van der Waals surface area contributed by atoms with Gasteiger partial charge in [-0.05, 0) is 42.2 Å². The molecule has 2 N–H and O–H groups in total. The van der Waals surface area contributed by atoms with Crippen LogP contribution in [0.4, 0.5) is 9.59 Å². The smallest absolute Gasteiger partial charge is 0.413 e. The number of rotatable bonds is 10. The zero-order chi connectivity index (χ0) is 24.2. The molecule has 0 saturated heterocycles. The Balaban J connectivity index is 1.38. The molecule has 2 amide bonds. The lowest BCUT2D eigenvalue weighted by Crippen LogP contribution is -2.29. The summed E-state index contributed by atoms with van der Waals surface area (Å²) in [5, 5.41) is 5.34. The Bertz CT molecular complexity index is 1000. The van der Waals surface area contributed by atoms with Gasteiger partial charge in [0.15, 0.2) is 5.75 Å². The van der Waals surface area contributed by atoms with Crippen molar-refractivity contribution in [3.05, 3.63) is 78.0 Å². The van der Waals surface area contributed by atoms with Gasteiger partial charge in [0, 0.05) is 19.2 Å². The quantitative estimate of drug-likeness (QED) is 0.469. The number of hydrogen-bond acceptors (Lipinski definition) is 7. The number of methoxy groups -OCH3 is 2. The number of benzene rings is 2. The zero-order valence-corrected chi connectivity index (χ0v) is 19.1. The predicted molar refractivity (Wildman–Crippen MR) is 126 cm³/mol. The molecule has 0 saturated carbocycles. The number of carbonyl (C=O) groups excluding carboxylic acids is 2. The van der Waals surface area contributed by atoms with Crippen LogP contribution >= 0.6 is 0 Å². The van der Waals surface area contributed by atoms with Gasteiger partial charge < -0.3 is 29.6 Å². The maximum Gasteiger partial charge on any atom is 0.413 e. The van der Waals surface area contributed by atoms with Gasteiger partial charge >= 0.3 is 12.2 Å². The Morgan fingerprint density at radius 1 is 0.735 bits per heavy atom. The summed E-state index contributed by atoms with van der Waals surface area (Å²) in [7, 11) is 3.21. The van der Waals surface area contributed by atoms with Gasteiger partial charge in [0.05, 0.1) is 20.4 Å². The average Bonchev–Trinajstić information content (AvgIpc) is 2.86. The summed E-state index contributed by atoms with van der Waals surface area (Å²) in [5.74, 6) is 1.83. The summed E-state index contributed by atoms with van der Waals surface area (Å²) in [5.41, 5.74) is 1.96. The zero-order valence-electron chi connectivity index (χ0n) is 19.1. The molecule has 2 aromatic carbocycles. The second-order valence-electron chi connectivity index (χ2n) is 7.09. The lowest BCUT2D eigenvalue weighted by molar-refractivity contribution is 0.196. The number of nitrogens with zero attached hydrogens (tertiary/aromatic N) is 1. The first-order valence-electron chi connectivity index (χ1n) is 10.7.